The summed E-state index contributed by atoms with van der Waals surface area (Å²) in [5.74, 6) is -3.94. The van der Waals surface area contributed by atoms with Gasteiger partial charge in [0.25, 0.3) is 11.8 Å². The van der Waals surface area contributed by atoms with Gasteiger partial charge in [-0.2, -0.15) is 0 Å². The monoisotopic (exact) mass is 567 g/mol. The van der Waals surface area contributed by atoms with Crippen LogP contribution in [-0.4, -0.2) is 103 Å². The Morgan fingerprint density at radius 3 is 1.61 bits per heavy atom. The highest BCUT2D eigenvalue weighted by molar-refractivity contribution is 8.00. The number of thioether (sulfide) groups is 2. The number of carboxylic acid groups (broad SMARTS) is 2. The van der Waals surface area contributed by atoms with E-state index < -0.39 is 58.4 Å². The van der Waals surface area contributed by atoms with Gasteiger partial charge in [0.15, 0.2) is 0 Å². The predicted octanol–water partition coefficient (Wildman–Crippen LogP) is -0.714. The number of nitrogens with one attached hydrogen (secondary N) is 2. The lowest BCUT2D eigenvalue weighted by atomic mass is 10.0. The van der Waals surface area contributed by atoms with Crippen molar-refractivity contribution in [1.82, 2.24) is 20.4 Å². The first-order chi connectivity index (χ1) is 18.0. The Balaban J connectivity index is 1.32. The molecule has 0 aliphatic carbocycles. The van der Waals surface area contributed by atoms with Crippen LogP contribution < -0.4 is 10.6 Å². The van der Waals surface area contributed by atoms with Crippen LogP contribution >= 0.6 is 23.5 Å². The fourth-order valence-corrected chi connectivity index (χ4v) is 7.21. The molecule has 2 saturated heterocycles. The van der Waals surface area contributed by atoms with Crippen molar-refractivity contribution in [3.8, 4) is 0 Å². The van der Waals surface area contributed by atoms with E-state index in [9.17, 15) is 39.0 Å². The highest BCUT2D eigenvalue weighted by atomic mass is 32.2. The molecule has 204 valence electrons. The minimum atomic E-state index is -1.21. The number of carbonyl (C=O) groups excluding carboxylic acids is 4. The van der Waals surface area contributed by atoms with Gasteiger partial charge < -0.3 is 25.7 Å². The SMILES string of the molecule is CON=C(CC(=O)N[C@@H]1C(=O)N2C(C(=O)O)=C(C)CS[C@H]12)CC(=O)N[C@@H]1C(=O)N2C(C(=O)O)=C(C)CS[C@H]12. The predicted molar refractivity (Wildman–Crippen MR) is 134 cm³/mol. The lowest BCUT2D eigenvalue weighted by Crippen LogP contribution is -2.70. The zero-order chi connectivity index (χ0) is 27.9. The number of carbonyl (C=O) groups is 6. The van der Waals surface area contributed by atoms with E-state index in [0.29, 0.717) is 22.7 Å². The van der Waals surface area contributed by atoms with E-state index in [2.05, 4.69) is 15.8 Å². The molecule has 4 heterocycles. The molecule has 4 amide bonds. The molecule has 4 aliphatic rings. The molecule has 4 atom stereocenters. The van der Waals surface area contributed by atoms with Crippen LogP contribution in [0.25, 0.3) is 0 Å². The maximum Gasteiger partial charge on any atom is 0.352 e. The summed E-state index contributed by atoms with van der Waals surface area (Å²) in [7, 11) is 1.23. The maximum atomic E-state index is 12.7. The second-order valence-electron chi connectivity index (χ2n) is 8.97. The summed E-state index contributed by atoms with van der Waals surface area (Å²) >= 11 is 2.67. The minimum absolute atomic E-state index is 0.0336. The molecule has 4 aliphatic heterocycles. The van der Waals surface area contributed by atoms with Gasteiger partial charge in [0.1, 0.15) is 41.3 Å². The molecule has 0 aromatic rings. The Labute approximate surface area is 224 Å². The van der Waals surface area contributed by atoms with E-state index in [0.717, 1.165) is 9.80 Å². The number of amides is 4. The third-order valence-electron chi connectivity index (χ3n) is 6.31. The molecule has 38 heavy (non-hydrogen) atoms. The van der Waals surface area contributed by atoms with Crippen molar-refractivity contribution in [3.05, 3.63) is 22.5 Å². The van der Waals surface area contributed by atoms with E-state index in [1.54, 1.807) is 13.8 Å². The standard InChI is InChI=1S/C22H25N5O9S2/c1-8-6-37-19-13(17(30)26(19)15(8)21(32)33)23-11(28)4-10(25-36-3)5-12(29)24-14-18(31)27-16(22(34)35)9(2)7-38-20(14)27/h13-14,19-20H,4-7H2,1-3H3,(H,23,28)(H,24,29)(H,32,33)(H,34,35)/t13-,14-,19-,20-/m1/s1. The van der Waals surface area contributed by atoms with E-state index >= 15 is 0 Å². The van der Waals surface area contributed by atoms with Gasteiger partial charge in [0.05, 0.1) is 18.6 Å². The summed E-state index contributed by atoms with van der Waals surface area (Å²) in [6, 6.07) is -1.84. The number of oxime groups is 1. The van der Waals surface area contributed by atoms with Crippen LogP contribution in [0.5, 0.6) is 0 Å². The Bertz CT molecular complexity index is 1140. The maximum absolute atomic E-state index is 12.7. The zero-order valence-corrected chi connectivity index (χ0v) is 22.2. The Morgan fingerprint density at radius 2 is 1.26 bits per heavy atom. The smallest absolute Gasteiger partial charge is 0.352 e. The molecular weight excluding hydrogens is 542 g/mol. The number of carboxylic acids is 2. The van der Waals surface area contributed by atoms with Gasteiger partial charge in [-0.15, -0.1) is 23.5 Å². The number of rotatable bonds is 9. The van der Waals surface area contributed by atoms with Gasteiger partial charge in [0, 0.05) is 11.5 Å². The molecule has 0 spiro atoms. The Hall–Kier alpha value is -3.53. The quantitative estimate of drug-likeness (QED) is 0.156. The van der Waals surface area contributed by atoms with Crippen molar-refractivity contribution in [3.63, 3.8) is 0 Å². The van der Waals surface area contributed by atoms with E-state index in [4.69, 9.17) is 4.84 Å². The third-order valence-corrected chi connectivity index (χ3v) is 9.15. The van der Waals surface area contributed by atoms with Crippen molar-refractivity contribution in [2.45, 2.75) is 49.5 Å². The number of nitrogens with zero attached hydrogens (tertiary/aromatic N) is 3. The van der Waals surface area contributed by atoms with Crippen molar-refractivity contribution in [2.75, 3.05) is 18.6 Å². The normalized spacial score (nSPS) is 26.0. The first-order valence-electron chi connectivity index (χ1n) is 11.4. The average molecular weight is 568 g/mol. The summed E-state index contributed by atoms with van der Waals surface area (Å²) < 4.78 is 0. The number of hydrogen-bond donors (Lipinski definition) is 4. The second-order valence-corrected chi connectivity index (χ2v) is 11.2. The van der Waals surface area contributed by atoms with Crippen LogP contribution in [0, 0.1) is 0 Å². The fourth-order valence-electron chi connectivity index (χ4n) is 4.63. The van der Waals surface area contributed by atoms with Gasteiger partial charge >= 0.3 is 11.9 Å². The van der Waals surface area contributed by atoms with Crippen LogP contribution in [-0.2, 0) is 33.6 Å². The number of hydrogen-bond acceptors (Lipinski definition) is 10. The van der Waals surface area contributed by atoms with Gasteiger partial charge in [-0.25, -0.2) is 9.59 Å². The first-order valence-corrected chi connectivity index (χ1v) is 13.5. The first kappa shape index (κ1) is 27.5. The summed E-state index contributed by atoms with van der Waals surface area (Å²) in [6.45, 7) is 3.27. The average Bonchev–Trinajstić information content (AvgIpc) is 2.85. The summed E-state index contributed by atoms with van der Waals surface area (Å²) in [5.41, 5.74) is 0.990. The zero-order valence-electron chi connectivity index (χ0n) is 20.5. The van der Waals surface area contributed by atoms with Crippen LogP contribution in [0.1, 0.15) is 26.7 Å². The number of aliphatic carboxylic acids is 2. The summed E-state index contributed by atoms with van der Waals surface area (Å²) in [5, 5.41) is 26.6. The molecule has 4 N–H and O–H groups in total. The van der Waals surface area contributed by atoms with E-state index in [1.165, 1.54) is 30.6 Å². The van der Waals surface area contributed by atoms with Crippen molar-refractivity contribution >= 4 is 64.8 Å². The third kappa shape index (κ3) is 4.84. The van der Waals surface area contributed by atoms with Crippen molar-refractivity contribution in [2.24, 2.45) is 5.16 Å². The van der Waals surface area contributed by atoms with Gasteiger partial charge in [-0.3, -0.25) is 29.0 Å². The van der Waals surface area contributed by atoms with Gasteiger partial charge in [-0.1, -0.05) is 5.16 Å². The second kappa shape index (κ2) is 10.7. The molecule has 0 saturated carbocycles. The van der Waals surface area contributed by atoms with E-state index in [1.807, 2.05) is 0 Å². The highest BCUT2D eigenvalue weighted by Gasteiger charge is 2.55. The van der Waals surface area contributed by atoms with Gasteiger partial charge in [0.2, 0.25) is 11.8 Å². The van der Waals surface area contributed by atoms with Crippen LogP contribution in [0.3, 0.4) is 0 Å². The molecule has 2 fully saturated rings. The molecule has 0 radical (unpaired) electrons. The molecule has 4 rings (SSSR count). The molecule has 0 aromatic heterocycles. The Morgan fingerprint density at radius 1 is 0.868 bits per heavy atom. The van der Waals surface area contributed by atoms with E-state index in [-0.39, 0.29) is 29.9 Å². The highest BCUT2D eigenvalue weighted by Crippen LogP contribution is 2.41. The topological polar surface area (TPSA) is 195 Å². The van der Waals surface area contributed by atoms with Crippen LogP contribution in [0.4, 0.5) is 0 Å². The van der Waals surface area contributed by atoms with Crippen molar-refractivity contribution < 1.29 is 43.8 Å². The van der Waals surface area contributed by atoms with Crippen molar-refractivity contribution in [1.29, 1.82) is 0 Å². The fraction of sp³-hybridized carbons (Fsp3) is 0.500. The molecular formula is C22H25N5O9S2. The number of fused-ring (bicyclic) bond motifs is 2. The number of β-lactam (4-membered cyclic amide) rings is 2. The molecule has 0 aromatic carbocycles. The molecule has 16 heteroatoms. The summed E-state index contributed by atoms with van der Waals surface area (Å²) in [6.07, 6.45) is -0.756. The minimum Gasteiger partial charge on any atom is -0.477 e. The molecule has 14 nitrogen and oxygen atoms in total. The summed E-state index contributed by atoms with van der Waals surface area (Å²) in [4.78, 5) is 80.6. The molecule has 0 unspecified atom stereocenters. The molecule has 0 bridgehead atoms. The van der Waals surface area contributed by atoms with Crippen LogP contribution in [0.15, 0.2) is 27.7 Å². The van der Waals surface area contributed by atoms with Gasteiger partial charge in [-0.05, 0) is 25.0 Å². The lowest BCUT2D eigenvalue weighted by Gasteiger charge is -2.49. The lowest BCUT2D eigenvalue weighted by molar-refractivity contribution is -0.150. The largest absolute Gasteiger partial charge is 0.477 e. The van der Waals surface area contributed by atoms with Crippen LogP contribution in [0.2, 0.25) is 0 Å². The Kier molecular flexibility index (Phi) is 7.73.